The van der Waals surface area contributed by atoms with Crippen molar-refractivity contribution in [2.45, 2.75) is 37.1 Å². The van der Waals surface area contributed by atoms with Crippen molar-refractivity contribution in [3.8, 4) is 5.75 Å². The maximum Gasteiger partial charge on any atom is 0.262 e. The van der Waals surface area contributed by atoms with Crippen LogP contribution in [0, 0.1) is 5.82 Å². The van der Waals surface area contributed by atoms with Crippen molar-refractivity contribution in [2.24, 2.45) is 0 Å². The van der Waals surface area contributed by atoms with Crippen molar-refractivity contribution in [2.75, 3.05) is 25.1 Å². The summed E-state index contributed by atoms with van der Waals surface area (Å²) in [5.74, 6) is -0.660. The number of sulfonamides is 1. The molecule has 0 atom stereocenters. The van der Waals surface area contributed by atoms with Gasteiger partial charge in [-0.15, -0.1) is 0 Å². The third-order valence-electron chi connectivity index (χ3n) is 6.03. The molecular formula is C26H28FN3O4S. The largest absolute Gasteiger partial charge is 0.496 e. The van der Waals surface area contributed by atoms with E-state index in [-0.39, 0.29) is 22.8 Å². The van der Waals surface area contributed by atoms with Crippen molar-refractivity contribution < 1.29 is 22.3 Å². The number of carbonyl (C=O) groups excluding carboxylic acids is 1. The molecule has 0 spiro atoms. The second kappa shape index (κ2) is 11.0. The zero-order valence-electron chi connectivity index (χ0n) is 19.6. The highest BCUT2D eigenvalue weighted by molar-refractivity contribution is 7.89. The topological polar surface area (TPSA) is 79.8 Å². The second-order valence-electron chi connectivity index (χ2n) is 8.37. The zero-order valence-corrected chi connectivity index (χ0v) is 20.4. The Morgan fingerprint density at radius 2 is 1.74 bits per heavy atom. The summed E-state index contributed by atoms with van der Waals surface area (Å²) >= 11 is 0. The molecule has 2 aromatic carbocycles. The van der Waals surface area contributed by atoms with Crippen LogP contribution < -0.4 is 9.64 Å². The molecule has 0 saturated carbocycles. The van der Waals surface area contributed by atoms with Gasteiger partial charge in [-0.25, -0.2) is 12.8 Å². The van der Waals surface area contributed by atoms with E-state index in [0.29, 0.717) is 24.5 Å². The molecule has 1 fully saturated rings. The Balaban J connectivity index is 1.74. The van der Waals surface area contributed by atoms with Crippen LogP contribution in [0.25, 0.3) is 0 Å². The second-order valence-corrected chi connectivity index (χ2v) is 10.3. The Hall–Kier alpha value is -3.30. The number of halogens is 1. The lowest BCUT2D eigenvalue weighted by Gasteiger charge is -2.25. The van der Waals surface area contributed by atoms with E-state index in [1.54, 1.807) is 18.3 Å². The average Bonchev–Trinajstić information content (AvgIpc) is 3.18. The first-order valence-electron chi connectivity index (χ1n) is 11.6. The van der Waals surface area contributed by atoms with Crippen molar-refractivity contribution in [1.82, 2.24) is 9.29 Å². The molecule has 2 heterocycles. The monoisotopic (exact) mass is 497 g/mol. The molecule has 1 aliphatic rings. The molecule has 1 amide bonds. The number of hydrogen-bond donors (Lipinski definition) is 0. The first-order chi connectivity index (χ1) is 16.9. The average molecular weight is 498 g/mol. The van der Waals surface area contributed by atoms with Gasteiger partial charge in [0.1, 0.15) is 11.6 Å². The van der Waals surface area contributed by atoms with Crippen LogP contribution >= 0.6 is 0 Å². The Morgan fingerprint density at radius 3 is 2.37 bits per heavy atom. The number of rotatable bonds is 7. The van der Waals surface area contributed by atoms with Crippen LogP contribution in [0.3, 0.4) is 0 Å². The van der Waals surface area contributed by atoms with E-state index >= 15 is 0 Å². The molecule has 1 saturated heterocycles. The third-order valence-corrected chi connectivity index (χ3v) is 7.93. The molecule has 3 aromatic rings. The van der Waals surface area contributed by atoms with E-state index in [1.807, 2.05) is 6.07 Å². The molecule has 184 valence electrons. The Labute approximate surface area is 205 Å². The smallest absolute Gasteiger partial charge is 0.262 e. The molecule has 4 rings (SSSR count). The normalized spacial score (nSPS) is 14.8. The molecule has 35 heavy (non-hydrogen) atoms. The summed E-state index contributed by atoms with van der Waals surface area (Å²) in [6, 6.07) is 15.2. The molecular weight excluding hydrogens is 469 g/mol. The van der Waals surface area contributed by atoms with Gasteiger partial charge in [-0.3, -0.25) is 9.78 Å². The van der Waals surface area contributed by atoms with Gasteiger partial charge in [-0.2, -0.15) is 4.31 Å². The van der Waals surface area contributed by atoms with Gasteiger partial charge >= 0.3 is 0 Å². The number of carbonyl (C=O) groups is 1. The minimum atomic E-state index is -3.78. The van der Waals surface area contributed by atoms with Crippen molar-refractivity contribution in [3.05, 3.63) is 83.9 Å². The van der Waals surface area contributed by atoms with Crippen LogP contribution in [0.5, 0.6) is 5.75 Å². The highest BCUT2D eigenvalue weighted by Crippen LogP contribution is 2.29. The summed E-state index contributed by atoms with van der Waals surface area (Å²) in [7, 11) is -2.35. The van der Waals surface area contributed by atoms with E-state index in [0.717, 1.165) is 25.7 Å². The van der Waals surface area contributed by atoms with Crippen molar-refractivity contribution in [1.29, 1.82) is 0 Å². The molecule has 1 aromatic heterocycles. The summed E-state index contributed by atoms with van der Waals surface area (Å²) in [6.07, 6.45) is 5.24. The summed E-state index contributed by atoms with van der Waals surface area (Å²) in [5.41, 5.74) is 1.17. The lowest BCUT2D eigenvalue weighted by Crippen LogP contribution is -2.33. The van der Waals surface area contributed by atoms with Gasteiger partial charge in [0.25, 0.3) is 5.91 Å². The third kappa shape index (κ3) is 5.68. The number of methoxy groups -OCH3 is 1. The summed E-state index contributed by atoms with van der Waals surface area (Å²) < 4.78 is 47.3. The van der Waals surface area contributed by atoms with Gasteiger partial charge in [-0.05, 0) is 67.4 Å². The van der Waals surface area contributed by atoms with Gasteiger partial charge in [-0.1, -0.05) is 18.9 Å². The molecule has 1 aliphatic heterocycles. The number of ether oxygens (including phenoxy) is 1. The lowest BCUT2D eigenvalue weighted by molar-refractivity contribution is 0.0981. The van der Waals surface area contributed by atoms with Crippen LogP contribution in [0.2, 0.25) is 0 Å². The molecule has 0 N–H and O–H groups in total. The molecule has 0 bridgehead atoms. The first-order valence-corrected chi connectivity index (χ1v) is 13.0. The number of pyridine rings is 1. The SMILES string of the molecule is COc1ccc(S(=O)(=O)N2CCCCCC2)cc1C(=O)N(Cc1ccccn1)c1ccc(F)cc1. The Kier molecular flexibility index (Phi) is 7.77. The molecule has 0 unspecified atom stereocenters. The first kappa shape index (κ1) is 24.8. The number of benzene rings is 2. The zero-order chi connectivity index (χ0) is 24.8. The Bertz CT molecular complexity index is 1260. The van der Waals surface area contributed by atoms with E-state index in [9.17, 15) is 17.6 Å². The van der Waals surface area contributed by atoms with Crippen LogP contribution in [-0.4, -0.2) is 43.8 Å². The predicted molar refractivity (Wildman–Crippen MR) is 131 cm³/mol. The van der Waals surface area contributed by atoms with Gasteiger partial charge < -0.3 is 9.64 Å². The van der Waals surface area contributed by atoms with Crippen molar-refractivity contribution in [3.63, 3.8) is 0 Å². The van der Waals surface area contributed by atoms with Crippen molar-refractivity contribution >= 4 is 21.6 Å². The summed E-state index contributed by atoms with van der Waals surface area (Å²) in [5, 5.41) is 0. The number of aromatic nitrogens is 1. The number of nitrogens with zero attached hydrogens (tertiary/aromatic N) is 3. The highest BCUT2D eigenvalue weighted by Gasteiger charge is 2.29. The maximum absolute atomic E-state index is 13.8. The number of amides is 1. The fourth-order valence-electron chi connectivity index (χ4n) is 4.15. The van der Waals surface area contributed by atoms with Crippen LogP contribution in [0.1, 0.15) is 41.7 Å². The van der Waals surface area contributed by atoms with Gasteiger partial charge in [0, 0.05) is 25.0 Å². The highest BCUT2D eigenvalue weighted by atomic mass is 32.2. The summed E-state index contributed by atoms with van der Waals surface area (Å²) in [4.78, 5) is 19.6. The van der Waals surface area contributed by atoms with E-state index in [2.05, 4.69) is 4.98 Å². The minimum Gasteiger partial charge on any atom is -0.496 e. The van der Waals surface area contributed by atoms with Gasteiger partial charge in [0.2, 0.25) is 10.0 Å². The van der Waals surface area contributed by atoms with E-state index in [4.69, 9.17) is 4.74 Å². The maximum atomic E-state index is 13.8. The molecule has 9 heteroatoms. The lowest BCUT2D eigenvalue weighted by atomic mass is 10.1. The Morgan fingerprint density at radius 1 is 1.03 bits per heavy atom. The minimum absolute atomic E-state index is 0.0421. The molecule has 7 nitrogen and oxygen atoms in total. The molecule has 0 aliphatic carbocycles. The standard InChI is InChI=1S/C26H28FN3O4S/c1-34-25-14-13-23(35(32,33)29-16-6-2-3-7-17-29)18-24(25)26(31)30(19-21-8-4-5-15-28-21)22-11-9-20(27)10-12-22/h4-5,8-15,18H,2-3,6-7,16-17,19H2,1H3. The van der Waals surface area contributed by atoms with Crippen LogP contribution in [0.15, 0.2) is 71.8 Å². The fourth-order valence-corrected chi connectivity index (χ4v) is 5.69. The summed E-state index contributed by atoms with van der Waals surface area (Å²) in [6.45, 7) is 1.02. The van der Waals surface area contributed by atoms with Crippen LogP contribution in [0.4, 0.5) is 10.1 Å². The van der Waals surface area contributed by atoms with Crippen LogP contribution in [-0.2, 0) is 16.6 Å². The van der Waals surface area contributed by atoms with Gasteiger partial charge in [0.15, 0.2) is 0 Å². The van der Waals surface area contributed by atoms with Gasteiger partial charge in [0.05, 0.1) is 29.8 Å². The fraction of sp³-hybridized carbons (Fsp3) is 0.308. The quantitative estimate of drug-likeness (QED) is 0.475. The number of hydrogen-bond acceptors (Lipinski definition) is 5. The van der Waals surface area contributed by atoms with E-state index in [1.165, 1.54) is 58.8 Å². The predicted octanol–water partition coefficient (Wildman–Crippen LogP) is 4.64. The number of anilines is 1. The molecule has 0 radical (unpaired) electrons. The van der Waals surface area contributed by atoms with E-state index < -0.39 is 21.7 Å².